The van der Waals surface area contributed by atoms with E-state index in [1.165, 1.54) is 31.0 Å². The van der Waals surface area contributed by atoms with E-state index in [4.69, 9.17) is 0 Å². The van der Waals surface area contributed by atoms with Crippen LogP contribution >= 0.6 is 22.6 Å². The van der Waals surface area contributed by atoms with Crippen LogP contribution in [0.5, 0.6) is 0 Å². The first-order chi connectivity index (χ1) is 15.2. The van der Waals surface area contributed by atoms with Gasteiger partial charge in [0, 0.05) is 20.6 Å². The minimum atomic E-state index is 1.16. The van der Waals surface area contributed by atoms with E-state index >= 15 is 0 Å². The molecular weight excluding hydrogens is 489 g/mol. The van der Waals surface area contributed by atoms with Crippen molar-refractivity contribution in [2.45, 2.75) is 6.92 Å². The van der Waals surface area contributed by atoms with E-state index in [1.807, 2.05) is 0 Å². The molecule has 0 aromatic heterocycles. The first-order valence-corrected chi connectivity index (χ1v) is 11.5. The van der Waals surface area contributed by atoms with Gasteiger partial charge in [0.25, 0.3) is 0 Å². The fraction of sp³-hybridized carbons (Fsp3) is 0.0345. The van der Waals surface area contributed by atoms with Crippen molar-refractivity contribution < 1.29 is 0 Å². The van der Waals surface area contributed by atoms with E-state index in [2.05, 4.69) is 150 Å². The Morgan fingerprint density at radius 3 is 1.97 bits per heavy atom. The third kappa shape index (κ3) is 4.21. The molecule has 0 N–H and O–H groups in total. The lowest BCUT2D eigenvalue weighted by Crippen LogP contribution is -2.10. The predicted octanol–water partition coefficient (Wildman–Crippen LogP) is 8.89. The fourth-order valence-electron chi connectivity index (χ4n) is 3.94. The molecule has 0 amide bonds. The van der Waals surface area contributed by atoms with E-state index in [0.29, 0.717) is 0 Å². The largest absolute Gasteiger partial charge is 0.310 e. The molecule has 0 atom stereocenters. The maximum Gasteiger partial charge on any atom is 0.0472 e. The Hall–Kier alpha value is -3.11. The number of hydrogen-bond acceptors (Lipinski definition) is 1. The molecule has 150 valence electrons. The van der Waals surface area contributed by atoms with E-state index in [1.54, 1.807) is 0 Å². The Bertz CT molecular complexity index is 1340. The molecule has 0 saturated heterocycles. The van der Waals surface area contributed by atoms with Crippen LogP contribution in [0.25, 0.3) is 21.9 Å². The van der Waals surface area contributed by atoms with Crippen molar-refractivity contribution in [1.29, 1.82) is 0 Å². The SMILES string of the molecule is Cc1ccc(N(c2cccc(I)c2)c2ccc3cc(-c4ccccc4)ccc3c2)cc1. The van der Waals surface area contributed by atoms with Crippen molar-refractivity contribution in [2.75, 3.05) is 4.90 Å². The average molecular weight is 511 g/mol. The Kier molecular flexibility index (Phi) is 5.47. The van der Waals surface area contributed by atoms with Gasteiger partial charge in [-0.15, -0.1) is 0 Å². The monoisotopic (exact) mass is 511 g/mol. The van der Waals surface area contributed by atoms with Crippen LogP contribution in [0.2, 0.25) is 0 Å². The number of halogens is 1. The molecule has 31 heavy (non-hydrogen) atoms. The molecule has 5 aromatic rings. The van der Waals surface area contributed by atoms with Gasteiger partial charge in [-0.1, -0.05) is 72.3 Å². The summed E-state index contributed by atoms with van der Waals surface area (Å²) in [5.74, 6) is 0. The summed E-state index contributed by atoms with van der Waals surface area (Å²) >= 11 is 2.38. The quantitative estimate of drug-likeness (QED) is 0.218. The minimum Gasteiger partial charge on any atom is -0.310 e. The summed E-state index contributed by atoms with van der Waals surface area (Å²) in [4.78, 5) is 2.33. The first kappa shape index (κ1) is 19.8. The molecule has 1 nitrogen and oxygen atoms in total. The molecule has 0 heterocycles. The summed E-state index contributed by atoms with van der Waals surface area (Å²) in [7, 11) is 0. The molecule has 2 heteroatoms. The number of fused-ring (bicyclic) bond motifs is 1. The van der Waals surface area contributed by atoms with Crippen LogP contribution in [0.4, 0.5) is 17.1 Å². The van der Waals surface area contributed by atoms with Gasteiger partial charge >= 0.3 is 0 Å². The van der Waals surface area contributed by atoms with Crippen LogP contribution in [0.15, 0.2) is 115 Å². The Balaban J connectivity index is 1.62. The molecule has 0 aliphatic carbocycles. The topological polar surface area (TPSA) is 3.24 Å². The van der Waals surface area contributed by atoms with Gasteiger partial charge in [0.05, 0.1) is 0 Å². The van der Waals surface area contributed by atoms with Gasteiger partial charge in [-0.3, -0.25) is 0 Å². The second-order valence-corrected chi connectivity index (χ2v) is 9.01. The zero-order valence-electron chi connectivity index (χ0n) is 17.3. The van der Waals surface area contributed by atoms with E-state index < -0.39 is 0 Å². The lowest BCUT2D eigenvalue weighted by Gasteiger charge is -2.26. The van der Waals surface area contributed by atoms with Crippen LogP contribution in [-0.4, -0.2) is 0 Å². The number of anilines is 3. The van der Waals surface area contributed by atoms with Crippen LogP contribution < -0.4 is 4.90 Å². The first-order valence-electron chi connectivity index (χ1n) is 10.4. The molecule has 0 aliphatic heterocycles. The minimum absolute atomic E-state index is 1.16. The van der Waals surface area contributed by atoms with Gasteiger partial charge in [-0.05, 0) is 99.9 Å². The van der Waals surface area contributed by atoms with Crippen molar-refractivity contribution in [1.82, 2.24) is 0 Å². The van der Waals surface area contributed by atoms with Crippen molar-refractivity contribution in [3.05, 3.63) is 124 Å². The highest BCUT2D eigenvalue weighted by Gasteiger charge is 2.13. The Labute approximate surface area is 197 Å². The summed E-state index contributed by atoms with van der Waals surface area (Å²) in [6.45, 7) is 2.12. The third-order valence-corrected chi connectivity index (χ3v) is 6.22. The molecule has 5 aromatic carbocycles. The molecule has 0 bridgehead atoms. The number of hydrogen-bond donors (Lipinski definition) is 0. The highest BCUT2D eigenvalue weighted by atomic mass is 127. The molecule has 0 unspecified atom stereocenters. The van der Waals surface area contributed by atoms with Crippen LogP contribution in [0.3, 0.4) is 0 Å². The molecule has 0 saturated carbocycles. The molecule has 0 spiro atoms. The normalized spacial score (nSPS) is 10.9. The summed E-state index contributed by atoms with van der Waals surface area (Å²) in [6.07, 6.45) is 0. The standard InChI is InChI=1S/C29H22IN/c1-21-10-15-27(16-11-21)31(28-9-5-8-26(30)20-28)29-17-14-24-18-23(12-13-25(24)19-29)22-6-3-2-4-7-22/h2-20H,1H3. The summed E-state index contributed by atoms with van der Waals surface area (Å²) < 4.78 is 1.22. The summed E-state index contributed by atoms with van der Waals surface area (Å²) in [5.41, 5.74) is 7.23. The fourth-order valence-corrected chi connectivity index (χ4v) is 4.47. The van der Waals surface area contributed by atoms with E-state index in [9.17, 15) is 0 Å². The van der Waals surface area contributed by atoms with Gasteiger partial charge in [0.2, 0.25) is 0 Å². The maximum absolute atomic E-state index is 2.38. The second kappa shape index (κ2) is 8.56. The molecule has 0 aliphatic rings. The van der Waals surface area contributed by atoms with Crippen LogP contribution in [-0.2, 0) is 0 Å². The molecule has 0 radical (unpaired) electrons. The Morgan fingerprint density at radius 2 is 1.19 bits per heavy atom. The van der Waals surface area contributed by atoms with E-state index in [-0.39, 0.29) is 0 Å². The van der Waals surface area contributed by atoms with Gasteiger partial charge in [0.15, 0.2) is 0 Å². The van der Waals surface area contributed by atoms with Gasteiger partial charge in [0.1, 0.15) is 0 Å². The molecule has 5 rings (SSSR count). The lowest BCUT2D eigenvalue weighted by atomic mass is 10.0. The predicted molar refractivity (Wildman–Crippen MR) is 142 cm³/mol. The second-order valence-electron chi connectivity index (χ2n) is 7.76. The van der Waals surface area contributed by atoms with Crippen molar-refractivity contribution in [3.63, 3.8) is 0 Å². The number of rotatable bonds is 4. The highest BCUT2D eigenvalue weighted by Crippen LogP contribution is 2.37. The zero-order chi connectivity index (χ0) is 21.2. The lowest BCUT2D eigenvalue weighted by molar-refractivity contribution is 1.28. The van der Waals surface area contributed by atoms with Crippen molar-refractivity contribution in [2.24, 2.45) is 0 Å². The van der Waals surface area contributed by atoms with Crippen LogP contribution in [0.1, 0.15) is 5.56 Å². The van der Waals surface area contributed by atoms with Crippen LogP contribution in [0, 0.1) is 10.5 Å². The number of aryl methyl sites for hydroxylation is 1. The van der Waals surface area contributed by atoms with Crippen molar-refractivity contribution >= 4 is 50.4 Å². The van der Waals surface area contributed by atoms with Gasteiger partial charge in [-0.25, -0.2) is 0 Å². The summed E-state index contributed by atoms with van der Waals surface area (Å²) in [5, 5.41) is 2.48. The Morgan fingerprint density at radius 1 is 0.516 bits per heavy atom. The number of nitrogens with zero attached hydrogens (tertiary/aromatic N) is 1. The summed E-state index contributed by atoms with van der Waals surface area (Å²) in [6, 6.07) is 41.4. The highest BCUT2D eigenvalue weighted by molar-refractivity contribution is 14.1. The zero-order valence-corrected chi connectivity index (χ0v) is 19.5. The van der Waals surface area contributed by atoms with E-state index in [0.717, 1.165) is 17.1 Å². The molecule has 0 fully saturated rings. The van der Waals surface area contributed by atoms with Gasteiger partial charge < -0.3 is 4.90 Å². The van der Waals surface area contributed by atoms with Gasteiger partial charge in [-0.2, -0.15) is 0 Å². The smallest absolute Gasteiger partial charge is 0.0472 e. The number of benzene rings is 5. The third-order valence-electron chi connectivity index (χ3n) is 5.55. The average Bonchev–Trinajstić information content (AvgIpc) is 2.81. The maximum atomic E-state index is 2.38. The van der Waals surface area contributed by atoms with Crippen molar-refractivity contribution in [3.8, 4) is 11.1 Å². The molecular formula is C29H22IN.